The third kappa shape index (κ3) is 6.58. The van der Waals surface area contributed by atoms with E-state index in [0.717, 1.165) is 11.3 Å². The predicted octanol–water partition coefficient (Wildman–Crippen LogP) is 1.69. The molecule has 0 aliphatic heterocycles. The number of amides is 3. The zero-order chi connectivity index (χ0) is 16.5. The highest BCUT2D eigenvalue weighted by atomic mass is 16.2. The Hall–Kier alpha value is -2.08. The van der Waals surface area contributed by atoms with Crippen LogP contribution < -0.4 is 21.3 Å². The first-order valence-corrected chi connectivity index (χ1v) is 7.51. The van der Waals surface area contributed by atoms with Gasteiger partial charge in [0.05, 0.1) is 0 Å². The van der Waals surface area contributed by atoms with E-state index >= 15 is 0 Å². The number of nitrogens with one attached hydrogen (secondary N) is 4. The largest absolute Gasteiger partial charge is 0.352 e. The molecule has 1 rings (SSSR count). The Kier molecular flexibility index (Phi) is 7.39. The standard InChI is InChI=1S/C16H26N4O2/c1-11(2)19-16(22)20-14-7-5-13(6-8-14)10-18-15(21)12(3)9-17-4/h5-8,11-12,17H,9-10H2,1-4H3,(H,18,21)(H2,19,20,22). The van der Waals surface area contributed by atoms with Crippen molar-refractivity contribution in [1.82, 2.24) is 16.0 Å². The Morgan fingerprint density at radius 2 is 1.73 bits per heavy atom. The molecule has 0 aromatic heterocycles. The summed E-state index contributed by atoms with van der Waals surface area (Å²) in [4.78, 5) is 23.4. The molecule has 0 aliphatic rings. The minimum absolute atomic E-state index is 0.0212. The van der Waals surface area contributed by atoms with Gasteiger partial charge in [-0.15, -0.1) is 0 Å². The topological polar surface area (TPSA) is 82.3 Å². The molecule has 0 bridgehead atoms. The van der Waals surface area contributed by atoms with Crippen molar-refractivity contribution in [2.24, 2.45) is 5.92 Å². The summed E-state index contributed by atoms with van der Waals surface area (Å²) in [6, 6.07) is 7.27. The summed E-state index contributed by atoms with van der Waals surface area (Å²) in [6.07, 6.45) is 0. The monoisotopic (exact) mass is 306 g/mol. The minimum Gasteiger partial charge on any atom is -0.352 e. The van der Waals surface area contributed by atoms with Gasteiger partial charge in [0.25, 0.3) is 0 Å². The van der Waals surface area contributed by atoms with E-state index in [-0.39, 0.29) is 23.9 Å². The zero-order valence-electron chi connectivity index (χ0n) is 13.7. The Bertz CT molecular complexity index is 485. The summed E-state index contributed by atoms with van der Waals surface area (Å²) in [5.41, 5.74) is 1.71. The molecule has 122 valence electrons. The van der Waals surface area contributed by atoms with E-state index in [0.29, 0.717) is 13.1 Å². The molecule has 22 heavy (non-hydrogen) atoms. The number of rotatable bonds is 7. The smallest absolute Gasteiger partial charge is 0.319 e. The molecular formula is C16H26N4O2. The highest BCUT2D eigenvalue weighted by molar-refractivity contribution is 5.89. The molecule has 3 amide bonds. The molecule has 4 N–H and O–H groups in total. The number of carbonyl (C=O) groups is 2. The van der Waals surface area contributed by atoms with Crippen LogP contribution in [-0.2, 0) is 11.3 Å². The van der Waals surface area contributed by atoms with E-state index in [1.54, 1.807) is 0 Å². The molecule has 6 nitrogen and oxygen atoms in total. The highest BCUT2D eigenvalue weighted by Gasteiger charge is 2.11. The van der Waals surface area contributed by atoms with Crippen LogP contribution in [0.25, 0.3) is 0 Å². The van der Waals surface area contributed by atoms with Crippen molar-refractivity contribution in [3.63, 3.8) is 0 Å². The second kappa shape index (κ2) is 9.04. The van der Waals surface area contributed by atoms with Gasteiger partial charge in [-0.3, -0.25) is 4.79 Å². The average Bonchev–Trinajstić information content (AvgIpc) is 2.45. The van der Waals surface area contributed by atoms with Crippen LogP contribution in [0.3, 0.4) is 0 Å². The Labute approximate surface area is 132 Å². The summed E-state index contributed by atoms with van der Waals surface area (Å²) < 4.78 is 0. The normalized spacial score (nSPS) is 11.9. The van der Waals surface area contributed by atoms with Gasteiger partial charge in [-0.25, -0.2) is 4.79 Å². The van der Waals surface area contributed by atoms with Crippen LogP contribution in [0.1, 0.15) is 26.3 Å². The molecule has 1 aromatic rings. The van der Waals surface area contributed by atoms with Crippen molar-refractivity contribution >= 4 is 17.6 Å². The Morgan fingerprint density at radius 1 is 1.09 bits per heavy atom. The number of carbonyl (C=O) groups excluding carboxylic acids is 2. The fraction of sp³-hybridized carbons (Fsp3) is 0.500. The molecule has 0 saturated heterocycles. The van der Waals surface area contributed by atoms with Gasteiger partial charge in [0.15, 0.2) is 0 Å². The van der Waals surface area contributed by atoms with Crippen molar-refractivity contribution in [2.45, 2.75) is 33.4 Å². The molecule has 1 atom stereocenters. The van der Waals surface area contributed by atoms with E-state index in [4.69, 9.17) is 0 Å². The third-order valence-electron chi connectivity index (χ3n) is 3.06. The molecular weight excluding hydrogens is 280 g/mol. The molecule has 0 radical (unpaired) electrons. The van der Waals surface area contributed by atoms with E-state index in [1.807, 2.05) is 52.1 Å². The minimum atomic E-state index is -0.225. The van der Waals surface area contributed by atoms with Crippen LogP contribution in [0, 0.1) is 5.92 Å². The van der Waals surface area contributed by atoms with Crippen LogP contribution in [0.5, 0.6) is 0 Å². The molecule has 0 spiro atoms. The van der Waals surface area contributed by atoms with Gasteiger partial charge in [0.1, 0.15) is 0 Å². The lowest BCUT2D eigenvalue weighted by Crippen LogP contribution is -2.34. The van der Waals surface area contributed by atoms with Crippen LogP contribution in [0.2, 0.25) is 0 Å². The van der Waals surface area contributed by atoms with Gasteiger partial charge in [-0.2, -0.15) is 0 Å². The van der Waals surface area contributed by atoms with E-state index in [9.17, 15) is 9.59 Å². The lowest BCUT2D eigenvalue weighted by molar-refractivity contribution is -0.124. The first-order chi connectivity index (χ1) is 10.4. The quantitative estimate of drug-likeness (QED) is 0.619. The highest BCUT2D eigenvalue weighted by Crippen LogP contribution is 2.09. The summed E-state index contributed by atoms with van der Waals surface area (Å²) in [5, 5.41) is 11.4. The maximum absolute atomic E-state index is 11.8. The maximum atomic E-state index is 11.8. The summed E-state index contributed by atoms with van der Waals surface area (Å²) in [7, 11) is 1.82. The molecule has 0 saturated carbocycles. The molecule has 0 fully saturated rings. The van der Waals surface area contributed by atoms with E-state index < -0.39 is 0 Å². The van der Waals surface area contributed by atoms with Crippen LogP contribution in [0.4, 0.5) is 10.5 Å². The molecule has 1 unspecified atom stereocenters. The van der Waals surface area contributed by atoms with E-state index in [1.165, 1.54) is 0 Å². The zero-order valence-corrected chi connectivity index (χ0v) is 13.7. The van der Waals surface area contributed by atoms with E-state index in [2.05, 4.69) is 21.3 Å². The number of urea groups is 1. The fourth-order valence-corrected chi connectivity index (χ4v) is 1.90. The second-order valence-corrected chi connectivity index (χ2v) is 5.63. The van der Waals surface area contributed by atoms with Crippen molar-refractivity contribution < 1.29 is 9.59 Å². The van der Waals surface area contributed by atoms with Gasteiger partial charge in [-0.1, -0.05) is 19.1 Å². The molecule has 1 aromatic carbocycles. The number of hydrogen-bond donors (Lipinski definition) is 4. The van der Waals surface area contributed by atoms with Gasteiger partial charge in [0, 0.05) is 30.7 Å². The summed E-state index contributed by atoms with van der Waals surface area (Å²) >= 11 is 0. The van der Waals surface area contributed by atoms with Crippen molar-refractivity contribution in [3.05, 3.63) is 29.8 Å². The Balaban J connectivity index is 2.45. The first kappa shape index (κ1) is 18.0. The number of benzene rings is 1. The van der Waals surface area contributed by atoms with Crippen LogP contribution in [0.15, 0.2) is 24.3 Å². The number of hydrogen-bond acceptors (Lipinski definition) is 3. The van der Waals surface area contributed by atoms with Crippen LogP contribution in [-0.4, -0.2) is 31.6 Å². The summed E-state index contributed by atoms with van der Waals surface area (Å²) in [6.45, 7) is 6.82. The van der Waals surface area contributed by atoms with Gasteiger partial charge < -0.3 is 21.3 Å². The van der Waals surface area contributed by atoms with Crippen molar-refractivity contribution in [1.29, 1.82) is 0 Å². The van der Waals surface area contributed by atoms with Gasteiger partial charge in [-0.05, 0) is 38.6 Å². The predicted molar refractivity (Wildman–Crippen MR) is 88.7 cm³/mol. The first-order valence-electron chi connectivity index (χ1n) is 7.51. The average molecular weight is 306 g/mol. The summed E-state index contributed by atoms with van der Waals surface area (Å²) in [5.74, 6) is -0.0430. The SMILES string of the molecule is CNCC(C)C(=O)NCc1ccc(NC(=O)NC(C)C)cc1. The van der Waals surface area contributed by atoms with Gasteiger partial charge in [0.2, 0.25) is 5.91 Å². The lowest BCUT2D eigenvalue weighted by atomic mass is 10.1. The Morgan fingerprint density at radius 3 is 2.27 bits per heavy atom. The van der Waals surface area contributed by atoms with Crippen LogP contribution >= 0.6 is 0 Å². The lowest BCUT2D eigenvalue weighted by Gasteiger charge is -2.12. The third-order valence-corrected chi connectivity index (χ3v) is 3.06. The molecule has 6 heteroatoms. The van der Waals surface area contributed by atoms with Gasteiger partial charge >= 0.3 is 6.03 Å². The fourth-order valence-electron chi connectivity index (χ4n) is 1.90. The maximum Gasteiger partial charge on any atom is 0.319 e. The second-order valence-electron chi connectivity index (χ2n) is 5.63. The number of anilines is 1. The van der Waals surface area contributed by atoms with Crippen molar-refractivity contribution in [2.75, 3.05) is 18.9 Å². The van der Waals surface area contributed by atoms with Crippen molar-refractivity contribution in [3.8, 4) is 0 Å². The molecule has 0 heterocycles. The molecule has 0 aliphatic carbocycles.